The van der Waals surface area contributed by atoms with Gasteiger partial charge >= 0.3 is 6.18 Å². The second kappa shape index (κ2) is 9.44. The van der Waals surface area contributed by atoms with Crippen LogP contribution < -0.4 is 4.74 Å². The number of hydrogen-bond acceptors (Lipinski definition) is 4. The standard InChI is InChI=1S/C20H17ClF4N2O3/c21-16-2-1-3-17(22)15(16)5-7-19(28)27-8-9-29-14(11-27)12-30-18-6-4-13(10-26-18)20(23,24)25/h1-7,10,14H,8-9,11-12H2/b7-5+. The smallest absolute Gasteiger partial charge is 0.417 e. The molecule has 1 aliphatic heterocycles. The van der Waals surface area contributed by atoms with Gasteiger partial charge in [-0.25, -0.2) is 9.37 Å². The molecule has 1 amide bonds. The van der Waals surface area contributed by atoms with Crippen LogP contribution in [0.25, 0.3) is 6.08 Å². The molecule has 1 aromatic heterocycles. The number of benzene rings is 1. The van der Waals surface area contributed by atoms with Gasteiger partial charge in [0.1, 0.15) is 18.5 Å². The largest absolute Gasteiger partial charge is 0.475 e. The van der Waals surface area contributed by atoms with Gasteiger partial charge in [0.2, 0.25) is 11.8 Å². The average molecular weight is 445 g/mol. The molecule has 1 fully saturated rings. The number of nitrogens with zero attached hydrogens (tertiary/aromatic N) is 2. The molecule has 0 radical (unpaired) electrons. The average Bonchev–Trinajstić information content (AvgIpc) is 2.71. The second-order valence-electron chi connectivity index (χ2n) is 6.44. The van der Waals surface area contributed by atoms with Crippen molar-refractivity contribution < 1.29 is 31.8 Å². The van der Waals surface area contributed by atoms with E-state index in [9.17, 15) is 22.4 Å². The van der Waals surface area contributed by atoms with Crippen LogP contribution >= 0.6 is 11.6 Å². The molecule has 30 heavy (non-hydrogen) atoms. The van der Waals surface area contributed by atoms with E-state index in [4.69, 9.17) is 21.1 Å². The lowest BCUT2D eigenvalue weighted by molar-refractivity contribution is -0.137. The Hall–Kier alpha value is -2.65. The zero-order chi connectivity index (χ0) is 21.7. The van der Waals surface area contributed by atoms with Crippen LogP contribution in [0.2, 0.25) is 5.02 Å². The van der Waals surface area contributed by atoms with E-state index in [2.05, 4.69) is 4.98 Å². The number of pyridine rings is 1. The normalized spacial score (nSPS) is 17.4. The number of hydrogen-bond donors (Lipinski definition) is 0. The van der Waals surface area contributed by atoms with Crippen molar-refractivity contribution in [2.75, 3.05) is 26.3 Å². The van der Waals surface area contributed by atoms with E-state index in [0.717, 1.165) is 12.1 Å². The topological polar surface area (TPSA) is 51.7 Å². The minimum absolute atomic E-state index is 0.00496. The molecule has 1 aromatic carbocycles. The lowest BCUT2D eigenvalue weighted by atomic mass is 10.2. The van der Waals surface area contributed by atoms with E-state index in [-0.39, 0.29) is 42.1 Å². The number of alkyl halides is 3. The number of carbonyl (C=O) groups is 1. The molecular formula is C20H17ClF4N2O3. The third kappa shape index (κ3) is 5.70. The highest BCUT2D eigenvalue weighted by atomic mass is 35.5. The summed E-state index contributed by atoms with van der Waals surface area (Å²) in [4.78, 5) is 17.5. The monoisotopic (exact) mass is 444 g/mol. The zero-order valence-corrected chi connectivity index (χ0v) is 16.3. The van der Waals surface area contributed by atoms with Crippen LogP contribution in [0.5, 0.6) is 5.88 Å². The number of rotatable bonds is 5. The second-order valence-corrected chi connectivity index (χ2v) is 6.85. The van der Waals surface area contributed by atoms with Gasteiger partial charge in [-0.15, -0.1) is 0 Å². The summed E-state index contributed by atoms with van der Waals surface area (Å²) in [5.41, 5.74) is -0.753. The quantitative estimate of drug-likeness (QED) is 0.512. The van der Waals surface area contributed by atoms with E-state index in [1.807, 2.05) is 0 Å². The van der Waals surface area contributed by atoms with Gasteiger partial charge in [0.15, 0.2) is 0 Å². The Morgan fingerprint density at radius 3 is 2.80 bits per heavy atom. The van der Waals surface area contributed by atoms with Crippen molar-refractivity contribution >= 4 is 23.6 Å². The van der Waals surface area contributed by atoms with Crippen molar-refractivity contribution in [1.82, 2.24) is 9.88 Å². The minimum Gasteiger partial charge on any atom is -0.475 e. The lowest BCUT2D eigenvalue weighted by Crippen LogP contribution is -2.47. The summed E-state index contributed by atoms with van der Waals surface area (Å²) in [7, 11) is 0. The molecular weight excluding hydrogens is 428 g/mol. The van der Waals surface area contributed by atoms with Crippen LogP contribution in [0.1, 0.15) is 11.1 Å². The molecule has 0 saturated carbocycles. The first kappa shape index (κ1) is 22.0. The van der Waals surface area contributed by atoms with Crippen molar-refractivity contribution in [3.05, 3.63) is 64.6 Å². The maximum absolute atomic E-state index is 13.8. The number of ether oxygens (including phenoxy) is 2. The van der Waals surface area contributed by atoms with Gasteiger partial charge in [-0.05, 0) is 24.3 Å². The summed E-state index contributed by atoms with van der Waals surface area (Å²) >= 11 is 5.94. The summed E-state index contributed by atoms with van der Waals surface area (Å²) in [5, 5.41) is 0.191. The van der Waals surface area contributed by atoms with Gasteiger partial charge in [0.05, 0.1) is 23.7 Å². The predicted molar refractivity (Wildman–Crippen MR) is 101 cm³/mol. The molecule has 0 aliphatic carbocycles. The Balaban J connectivity index is 1.55. The first-order chi connectivity index (χ1) is 14.2. The highest BCUT2D eigenvalue weighted by Crippen LogP contribution is 2.29. The van der Waals surface area contributed by atoms with Crippen LogP contribution in [0, 0.1) is 5.82 Å². The zero-order valence-electron chi connectivity index (χ0n) is 15.5. The first-order valence-corrected chi connectivity index (χ1v) is 9.30. The molecule has 1 saturated heterocycles. The first-order valence-electron chi connectivity index (χ1n) is 8.92. The number of aromatic nitrogens is 1. The Labute approximate surface area is 174 Å². The molecule has 5 nitrogen and oxygen atoms in total. The molecule has 10 heteroatoms. The Morgan fingerprint density at radius 1 is 1.33 bits per heavy atom. The summed E-state index contributed by atoms with van der Waals surface area (Å²) in [5.74, 6) is -0.872. The van der Waals surface area contributed by atoms with Crippen LogP contribution in [-0.2, 0) is 15.7 Å². The molecule has 1 atom stereocenters. The van der Waals surface area contributed by atoms with Gasteiger partial charge in [-0.3, -0.25) is 4.79 Å². The fraction of sp³-hybridized carbons (Fsp3) is 0.300. The van der Waals surface area contributed by atoms with Crippen LogP contribution in [0.4, 0.5) is 17.6 Å². The summed E-state index contributed by atoms with van der Waals surface area (Å²) in [6, 6.07) is 6.22. The molecule has 3 rings (SSSR count). The molecule has 160 valence electrons. The fourth-order valence-electron chi connectivity index (χ4n) is 2.76. The van der Waals surface area contributed by atoms with E-state index in [0.29, 0.717) is 12.7 Å². The third-order valence-electron chi connectivity index (χ3n) is 4.32. The Morgan fingerprint density at radius 2 is 2.13 bits per heavy atom. The van der Waals surface area contributed by atoms with Gasteiger partial charge < -0.3 is 14.4 Å². The molecule has 0 N–H and O–H groups in total. The van der Waals surface area contributed by atoms with E-state index in [1.165, 1.54) is 35.3 Å². The van der Waals surface area contributed by atoms with Gasteiger partial charge in [0, 0.05) is 30.4 Å². The van der Waals surface area contributed by atoms with Crippen LogP contribution in [-0.4, -0.2) is 48.2 Å². The summed E-state index contributed by atoms with van der Waals surface area (Å²) in [6.07, 6.45) is -1.74. The van der Waals surface area contributed by atoms with Crippen molar-refractivity contribution in [2.45, 2.75) is 12.3 Å². The fourth-order valence-corrected chi connectivity index (χ4v) is 2.99. The molecule has 0 spiro atoms. The highest BCUT2D eigenvalue weighted by Gasteiger charge is 2.31. The Bertz CT molecular complexity index is 899. The number of carbonyl (C=O) groups excluding carboxylic acids is 1. The van der Waals surface area contributed by atoms with Crippen molar-refractivity contribution in [3.63, 3.8) is 0 Å². The number of morpholine rings is 1. The molecule has 1 aliphatic rings. The van der Waals surface area contributed by atoms with Gasteiger partial charge in [-0.1, -0.05) is 17.7 Å². The van der Waals surface area contributed by atoms with Crippen LogP contribution in [0.3, 0.4) is 0 Å². The lowest BCUT2D eigenvalue weighted by Gasteiger charge is -2.32. The third-order valence-corrected chi connectivity index (χ3v) is 4.65. The minimum atomic E-state index is -4.47. The van der Waals surface area contributed by atoms with Crippen LogP contribution in [0.15, 0.2) is 42.6 Å². The molecule has 2 aromatic rings. The Kier molecular flexibility index (Phi) is 6.94. The number of halogens is 5. The predicted octanol–water partition coefficient (Wildman–Crippen LogP) is 4.21. The molecule has 1 unspecified atom stereocenters. The maximum Gasteiger partial charge on any atom is 0.417 e. The van der Waals surface area contributed by atoms with Gasteiger partial charge in [-0.2, -0.15) is 13.2 Å². The number of amides is 1. The SMILES string of the molecule is O=C(/C=C/c1c(F)cccc1Cl)N1CCOC(COc2ccc(C(F)(F)F)cn2)C1. The maximum atomic E-state index is 13.8. The van der Waals surface area contributed by atoms with Crippen molar-refractivity contribution in [3.8, 4) is 5.88 Å². The van der Waals surface area contributed by atoms with Gasteiger partial charge in [0.25, 0.3) is 0 Å². The van der Waals surface area contributed by atoms with Crippen molar-refractivity contribution in [2.24, 2.45) is 0 Å². The summed E-state index contributed by atoms with van der Waals surface area (Å²) < 4.78 is 62.4. The van der Waals surface area contributed by atoms with Crippen molar-refractivity contribution in [1.29, 1.82) is 0 Å². The van der Waals surface area contributed by atoms with E-state index in [1.54, 1.807) is 0 Å². The summed E-state index contributed by atoms with van der Waals surface area (Å²) in [6.45, 7) is 0.803. The highest BCUT2D eigenvalue weighted by molar-refractivity contribution is 6.32. The molecule has 2 heterocycles. The van der Waals surface area contributed by atoms with E-state index >= 15 is 0 Å². The molecule has 0 bridgehead atoms. The van der Waals surface area contributed by atoms with E-state index < -0.39 is 23.7 Å².